The van der Waals surface area contributed by atoms with Gasteiger partial charge in [-0.25, -0.2) is 12.2 Å². The molecule has 0 fully saturated rings. The van der Waals surface area contributed by atoms with Crippen molar-refractivity contribution in [3.63, 3.8) is 0 Å². The third-order valence-electron chi connectivity index (χ3n) is 0.586. The van der Waals surface area contributed by atoms with E-state index in [1.165, 1.54) is 0 Å². The van der Waals surface area contributed by atoms with Crippen LogP contribution in [0.2, 0.25) is 0 Å². The zero-order chi connectivity index (χ0) is 3.54. The van der Waals surface area contributed by atoms with Gasteiger partial charge in [0.1, 0.15) is 0 Å². The fourth-order valence-electron chi connectivity index (χ4n) is 0.340. The summed E-state index contributed by atoms with van der Waals surface area (Å²) < 4.78 is 0. The third-order valence-corrected chi connectivity index (χ3v) is 0.586. The van der Waals surface area contributed by atoms with Crippen molar-refractivity contribution < 1.29 is 17.1 Å². The average molecular weight is 136 g/mol. The molecule has 0 radical (unpaired) electrons. The Balaban J connectivity index is 0. The van der Waals surface area contributed by atoms with Crippen LogP contribution in [-0.4, -0.2) is 0 Å². The second-order valence-corrected chi connectivity index (χ2v) is 1.00. The fraction of sp³-hybridized carbons (Fsp3) is 0.167. The Morgan fingerprint density at radius 1 is 1.43 bits per heavy atom. The zero-order valence-corrected chi connectivity index (χ0v) is 5.40. The predicted octanol–water partition coefficient (Wildman–Crippen LogP) is 1.75. The predicted molar refractivity (Wildman–Crippen MR) is 28.0 cm³/mol. The first-order valence-electron chi connectivity index (χ1n) is 1.72. The van der Waals surface area contributed by atoms with Gasteiger partial charge in [-0.1, -0.05) is 0 Å². The minimum atomic E-state index is 0. The van der Waals surface area contributed by atoms with E-state index < -0.39 is 0 Å². The van der Waals surface area contributed by atoms with E-state index in [2.05, 4.69) is 12.2 Å². The SMILES string of the molecule is [C-]1=CC=CC1.[CH3-].[Fe+2]. The molecule has 0 bridgehead atoms. The van der Waals surface area contributed by atoms with Gasteiger partial charge in [0, 0.05) is 0 Å². The second kappa shape index (κ2) is 6.00. The van der Waals surface area contributed by atoms with Crippen LogP contribution in [0.1, 0.15) is 6.42 Å². The van der Waals surface area contributed by atoms with E-state index in [-0.39, 0.29) is 24.5 Å². The largest absolute Gasteiger partial charge is 2.00 e. The van der Waals surface area contributed by atoms with Crippen LogP contribution in [0.3, 0.4) is 0 Å². The standard InChI is InChI=1S/C5H5.CH3.Fe/c1-2-4-5-3-1;;/h1-3H,4H2;1H3;/q2*-1;+2. The van der Waals surface area contributed by atoms with Crippen LogP contribution in [-0.2, 0) is 17.1 Å². The normalized spacial score (nSPS) is 12.6. The van der Waals surface area contributed by atoms with Gasteiger partial charge in [-0.15, -0.1) is 6.42 Å². The molecule has 0 amide bonds. The van der Waals surface area contributed by atoms with Crippen LogP contribution in [0.4, 0.5) is 0 Å². The summed E-state index contributed by atoms with van der Waals surface area (Å²) in [6.07, 6.45) is 10.0. The molecular formula is C6H8Fe. The molecule has 0 aliphatic heterocycles. The minimum absolute atomic E-state index is 0. The van der Waals surface area contributed by atoms with Gasteiger partial charge in [0.2, 0.25) is 0 Å². The summed E-state index contributed by atoms with van der Waals surface area (Å²) in [4.78, 5) is 0. The molecule has 0 aromatic rings. The first-order chi connectivity index (χ1) is 2.50. The van der Waals surface area contributed by atoms with Crippen molar-refractivity contribution in [1.82, 2.24) is 0 Å². The molecule has 7 heavy (non-hydrogen) atoms. The Kier molecular flexibility index (Phi) is 8.64. The molecule has 0 nitrogen and oxygen atoms in total. The van der Waals surface area contributed by atoms with Gasteiger partial charge in [-0.2, -0.15) is 6.08 Å². The topological polar surface area (TPSA) is 0 Å². The van der Waals surface area contributed by atoms with Crippen LogP contribution >= 0.6 is 0 Å². The summed E-state index contributed by atoms with van der Waals surface area (Å²) in [6, 6.07) is 0. The molecule has 0 unspecified atom stereocenters. The monoisotopic (exact) mass is 136 g/mol. The first kappa shape index (κ1) is 10.1. The molecule has 40 valence electrons. The van der Waals surface area contributed by atoms with Gasteiger partial charge in [0.25, 0.3) is 0 Å². The quantitative estimate of drug-likeness (QED) is 0.351. The van der Waals surface area contributed by atoms with E-state index in [0.717, 1.165) is 6.42 Å². The summed E-state index contributed by atoms with van der Waals surface area (Å²) in [5.74, 6) is 0. The molecule has 1 aliphatic carbocycles. The number of allylic oxidation sites excluding steroid dienone is 4. The van der Waals surface area contributed by atoms with E-state index in [1.54, 1.807) is 0 Å². The van der Waals surface area contributed by atoms with Crippen molar-refractivity contribution in [3.8, 4) is 0 Å². The van der Waals surface area contributed by atoms with E-state index in [1.807, 2.05) is 12.2 Å². The molecule has 1 heteroatoms. The van der Waals surface area contributed by atoms with Gasteiger partial charge in [-0.3, -0.25) is 6.08 Å². The van der Waals surface area contributed by atoms with Crippen LogP contribution < -0.4 is 0 Å². The number of hydrogen-bond donors (Lipinski definition) is 0. The molecule has 0 heterocycles. The molecule has 0 saturated carbocycles. The van der Waals surface area contributed by atoms with E-state index in [0.29, 0.717) is 0 Å². The van der Waals surface area contributed by atoms with Crippen molar-refractivity contribution >= 4 is 0 Å². The summed E-state index contributed by atoms with van der Waals surface area (Å²) in [5, 5.41) is 0. The maximum atomic E-state index is 2.99. The van der Waals surface area contributed by atoms with Crippen molar-refractivity contribution in [1.29, 1.82) is 0 Å². The van der Waals surface area contributed by atoms with E-state index in [4.69, 9.17) is 0 Å². The van der Waals surface area contributed by atoms with Crippen LogP contribution in [0.25, 0.3) is 0 Å². The van der Waals surface area contributed by atoms with Gasteiger partial charge >= 0.3 is 17.1 Å². The molecule has 0 aromatic carbocycles. The third kappa shape index (κ3) is 3.84. The molecule has 0 N–H and O–H groups in total. The first-order valence-corrected chi connectivity index (χ1v) is 1.72. The van der Waals surface area contributed by atoms with Gasteiger partial charge in [0.05, 0.1) is 0 Å². The number of hydrogen-bond acceptors (Lipinski definition) is 0. The molecule has 0 saturated heterocycles. The Morgan fingerprint density at radius 2 is 2.14 bits per heavy atom. The zero-order valence-electron chi connectivity index (χ0n) is 4.29. The van der Waals surface area contributed by atoms with Crippen molar-refractivity contribution in [2.75, 3.05) is 0 Å². The Morgan fingerprint density at radius 3 is 2.29 bits per heavy atom. The smallest absolute Gasteiger partial charge is 0.358 e. The maximum absolute atomic E-state index is 2.99. The van der Waals surface area contributed by atoms with Crippen molar-refractivity contribution in [2.24, 2.45) is 0 Å². The van der Waals surface area contributed by atoms with Crippen LogP contribution in [0.5, 0.6) is 0 Å². The average Bonchev–Trinajstić information content (AvgIpc) is 1.76. The van der Waals surface area contributed by atoms with E-state index >= 15 is 0 Å². The summed E-state index contributed by atoms with van der Waals surface area (Å²) in [6.45, 7) is 0. The van der Waals surface area contributed by atoms with Crippen molar-refractivity contribution in [2.45, 2.75) is 6.42 Å². The van der Waals surface area contributed by atoms with Crippen LogP contribution in [0, 0.1) is 13.5 Å². The fourth-order valence-corrected chi connectivity index (χ4v) is 0.340. The van der Waals surface area contributed by atoms with Crippen molar-refractivity contribution in [3.05, 3.63) is 31.7 Å². The Hall–Kier alpha value is -0.000519. The number of rotatable bonds is 0. The molecular weight excluding hydrogens is 128 g/mol. The van der Waals surface area contributed by atoms with Gasteiger partial charge in [0.15, 0.2) is 0 Å². The Bertz CT molecular complexity index is 62.2. The minimum Gasteiger partial charge on any atom is -0.358 e. The Labute approximate surface area is 55.8 Å². The van der Waals surface area contributed by atoms with Gasteiger partial charge < -0.3 is 7.43 Å². The molecule has 0 aromatic heterocycles. The molecule has 0 atom stereocenters. The molecule has 1 rings (SSSR count). The second-order valence-electron chi connectivity index (χ2n) is 1.00. The molecule has 0 spiro atoms. The van der Waals surface area contributed by atoms with Crippen LogP contribution in [0.15, 0.2) is 18.2 Å². The summed E-state index contributed by atoms with van der Waals surface area (Å²) in [5.41, 5.74) is 0. The summed E-state index contributed by atoms with van der Waals surface area (Å²) >= 11 is 0. The van der Waals surface area contributed by atoms with E-state index in [9.17, 15) is 0 Å². The maximum Gasteiger partial charge on any atom is 2.00 e. The summed E-state index contributed by atoms with van der Waals surface area (Å²) in [7, 11) is 0. The molecule has 1 aliphatic rings. The van der Waals surface area contributed by atoms with Gasteiger partial charge in [-0.05, 0) is 0 Å².